The summed E-state index contributed by atoms with van der Waals surface area (Å²) < 4.78 is 78.9. The van der Waals surface area contributed by atoms with Crippen LogP contribution >= 0.6 is 154 Å². The van der Waals surface area contributed by atoms with Gasteiger partial charge in [0.1, 0.15) is 94.5 Å². The van der Waals surface area contributed by atoms with E-state index in [2.05, 4.69) is 112 Å². The van der Waals surface area contributed by atoms with Crippen LogP contribution in [0.3, 0.4) is 0 Å². The Morgan fingerprint density at radius 3 is 1.02 bits per heavy atom. The number of ketones is 4. The second-order valence-corrected chi connectivity index (χ2v) is 45.5. The molecule has 4 aliphatic carbocycles. The monoisotopic (exact) mass is 2380 g/mol. The number of nitrogens with one attached hydrogen (secondary N) is 4. The molecule has 26 nitrogen and oxygen atoms in total. The van der Waals surface area contributed by atoms with Gasteiger partial charge in [-0.1, -0.05) is 140 Å². The number of hydrogen-bond donors (Lipinski definition) is 11. The Labute approximate surface area is 929 Å². The number of benzene rings is 4. The van der Waals surface area contributed by atoms with Crippen molar-refractivity contribution in [3.05, 3.63) is 299 Å². The molecule has 774 valence electrons. The van der Waals surface area contributed by atoms with Crippen LogP contribution in [-0.4, -0.2) is 181 Å². The van der Waals surface area contributed by atoms with E-state index < -0.39 is 57.7 Å². The van der Waals surface area contributed by atoms with Crippen molar-refractivity contribution in [2.75, 3.05) is 40.2 Å². The summed E-state index contributed by atoms with van der Waals surface area (Å²) in [6.07, 6.45) is 18.1. The van der Waals surface area contributed by atoms with Crippen molar-refractivity contribution in [3.8, 4) is 0 Å². The van der Waals surface area contributed by atoms with Crippen LogP contribution < -0.4 is 43.4 Å². The maximum atomic E-state index is 14.3. The van der Waals surface area contributed by atoms with Crippen LogP contribution in [-0.2, 0) is 10.0 Å². The second-order valence-electron chi connectivity index (χ2n) is 34.5. The number of sulfonamides is 1. The zero-order chi connectivity index (χ0) is 105. The average Bonchev–Trinajstić information content (AvgIpc) is 1.65. The number of aliphatic hydroxyl groups excluding tert-OH is 6. The summed E-state index contributed by atoms with van der Waals surface area (Å²) in [6, 6.07) is 22.1. The van der Waals surface area contributed by atoms with Crippen molar-refractivity contribution in [2.45, 2.75) is 175 Å². The summed E-state index contributed by atoms with van der Waals surface area (Å²) in [4.78, 5) is 97.9. The van der Waals surface area contributed by atoms with E-state index in [4.69, 9.17) is 103 Å². The van der Waals surface area contributed by atoms with Crippen molar-refractivity contribution in [3.63, 3.8) is 0 Å². The van der Waals surface area contributed by atoms with E-state index in [9.17, 15) is 75.5 Å². The van der Waals surface area contributed by atoms with Crippen LogP contribution in [0.1, 0.15) is 249 Å². The second kappa shape index (κ2) is 58.6. The molecule has 8 heterocycles. The van der Waals surface area contributed by atoms with Crippen LogP contribution in [0.4, 0.5) is 40.8 Å². The maximum Gasteiger partial charge on any atom is 2.00 e. The van der Waals surface area contributed by atoms with Gasteiger partial charge in [0.05, 0.1) is 71.1 Å². The molecule has 0 radical (unpaired) electrons. The van der Waals surface area contributed by atoms with Crippen molar-refractivity contribution in [1.82, 2.24) is 39.9 Å². The van der Waals surface area contributed by atoms with Crippen LogP contribution in [0, 0.1) is 71.1 Å². The van der Waals surface area contributed by atoms with Gasteiger partial charge in [0, 0.05) is 121 Å². The van der Waals surface area contributed by atoms with E-state index in [1.807, 2.05) is 20.3 Å². The number of hydrogen-bond acceptors (Lipinski definition) is 29. The van der Waals surface area contributed by atoms with Gasteiger partial charge in [-0.15, -0.1) is 45.3 Å². The van der Waals surface area contributed by atoms with Crippen molar-refractivity contribution in [2.24, 2.45) is 46.6 Å². The fourth-order valence-corrected chi connectivity index (χ4v) is 24.0. The molecule has 4 fully saturated rings. The van der Waals surface area contributed by atoms with Gasteiger partial charge in [-0.25, -0.2) is 71.0 Å². The minimum atomic E-state index is -3.64. The molecule has 46 heteroatoms. The molecule has 16 rings (SSSR count). The molecular weight excluding hydrogens is 2280 g/mol. The van der Waals surface area contributed by atoms with Gasteiger partial charge >= 0.3 is 23.1 Å². The smallest absolute Gasteiger partial charge is 1.00 e. The molecule has 4 aromatic carbocycles. The number of carbonyl (C=O) groups excluding carboxylic acids is 5. The molecule has 145 heavy (non-hydrogen) atoms. The molecule has 4 saturated carbocycles. The number of carbonyl (C=O) groups is 5. The molecule has 8 aromatic heterocycles. The van der Waals surface area contributed by atoms with Crippen molar-refractivity contribution < 1.29 is 97.6 Å². The van der Waals surface area contributed by atoms with E-state index in [0.29, 0.717) is 112 Å². The number of nitrogens with two attached hydrogens (primary N) is 1. The van der Waals surface area contributed by atoms with Gasteiger partial charge in [0.2, 0.25) is 33.2 Å². The minimum Gasteiger partial charge on any atom is -1.00 e. The fraction of sp³-hybridized carbons (Fsp3) is 0.374. The molecule has 4 aliphatic rings. The van der Waals surface area contributed by atoms with E-state index in [0.717, 1.165) is 109 Å². The summed E-state index contributed by atoms with van der Waals surface area (Å²) in [5.41, 5.74) is 1.98. The zero-order valence-electron chi connectivity index (χ0n) is 79.3. The number of primary sulfonamides is 1. The number of halogens is 14. The van der Waals surface area contributed by atoms with E-state index >= 15 is 0 Å². The Morgan fingerprint density at radius 1 is 0.462 bits per heavy atom. The Kier molecular flexibility index (Phi) is 49.7. The molecule has 0 spiro atoms. The first-order valence-electron chi connectivity index (χ1n) is 45.3. The Balaban J connectivity index is 0.000000225. The largest absolute Gasteiger partial charge is 2.00 e. The van der Waals surface area contributed by atoms with Crippen LogP contribution in [0.25, 0.3) is 0 Å². The molecule has 0 bridgehead atoms. The number of nitrogens with zero attached hydrogens (tertiary/aromatic N) is 8. The van der Waals surface area contributed by atoms with Crippen LogP contribution in [0.15, 0.2) is 152 Å². The number of anilines is 4. The van der Waals surface area contributed by atoms with Gasteiger partial charge in [0.15, 0.2) is 6.29 Å². The fourth-order valence-electron chi connectivity index (χ4n) is 17.1. The van der Waals surface area contributed by atoms with Gasteiger partial charge in [-0.2, -0.15) is 13.8 Å². The summed E-state index contributed by atoms with van der Waals surface area (Å²) in [5, 5.41) is 79.4. The number of thiophene rings is 4. The Morgan fingerprint density at radius 2 is 0.745 bits per heavy atom. The van der Waals surface area contributed by atoms with E-state index in [1.54, 1.807) is 6.92 Å². The molecule has 3 unspecified atom stereocenters. The summed E-state index contributed by atoms with van der Waals surface area (Å²) in [5.74, 6) is 0.783. The van der Waals surface area contributed by atoms with Crippen LogP contribution in [0.2, 0.25) is 37.4 Å². The quantitative estimate of drug-likeness (QED) is 0.00518. The Bertz CT molecular complexity index is 6340. The first kappa shape index (κ1) is 123. The first-order chi connectivity index (χ1) is 68.0. The summed E-state index contributed by atoms with van der Waals surface area (Å²) >= 11 is 55.3. The summed E-state index contributed by atoms with van der Waals surface area (Å²) in [7, 11) is -3.64. The number of aliphatic hydroxyl groups is 6. The van der Waals surface area contributed by atoms with E-state index in [1.165, 1.54) is 135 Å². The van der Waals surface area contributed by atoms with Crippen molar-refractivity contribution >= 4 is 240 Å². The third kappa shape index (κ3) is 34.0. The van der Waals surface area contributed by atoms with Crippen LogP contribution in [0.5, 0.6) is 0 Å². The van der Waals surface area contributed by atoms with Crippen molar-refractivity contribution in [1.29, 1.82) is 0 Å². The third-order valence-electron chi connectivity index (χ3n) is 24.4. The standard InChI is InChI=1S/C24H24Cl2FN3O2S.C23H23Cl2FN4O5S2.C23H22Cl2FN3O3S.C18H20ClN3O2S.C6H3BrClF.C3H7.C2H6O.BrH.Mg/c1-3-13-7-15(6-12(13)2)30-24-18(10-28-11-29-24)22(32)20-9-17(23(26)33-20)21(31)16-8-14(25)4-5-19(16)27;24-12-1-2-17(26)14(6-12)20(32)15-8-19(36-22(15)25)21(33)16-9-28-10-29-23(16)30-13-5-11(18(31)7-13)3-4-37(27,34)35;1-11-4-14(5-12(11)9-30)29-23-17(8-27-10-28-23)21(32)19-7-16(22(25)33-19)20(31)15-6-13(24)2-3-18(15)26;1-3-11-5-13(4-10(11)2)22-18-14(7-20-9-21-18)16(24)15-6-12(8-23)17(19)25-15;7-5-3-4(8)1-2-6(5)9;1-3-2;1-2-3;;/h4-5,8-13,15,21,31H,3,6-7H2,1-2H3,(H,28,29,30);1-2,6,8-11,13,18,20,31-32H,3-5,7H2,(H2,27,34,35)(H,28,29,30);2-3,6-8,10-12,14,20,30-31H,4-5,9H2,1H3,(H,27,28,29);6-11,13H,3-5H2,1-2H3,(H,20,21,22);1-3H;3H,1-2H3;3H,2H2,1H3;1H;/q;;;;;-1;;;+2/p-1/t12-,13-,15-,21?;11-,13+,18-,20?;11-,12+,14-,20?;10-,11-,13-;;;;;/m0000...../s1. The number of rotatable bonds is 29. The topological polar surface area (TPSA) is 418 Å². The van der Waals surface area contributed by atoms with Gasteiger partial charge < -0.3 is 75.3 Å². The molecule has 15 atom stereocenters. The molecule has 0 amide bonds. The van der Waals surface area contributed by atoms with Gasteiger partial charge in [-0.3, -0.25) is 24.0 Å². The number of aromatic nitrogens is 8. The zero-order valence-corrected chi connectivity index (χ0v) is 94.0. The molecule has 12 aromatic rings. The first-order valence-corrected chi connectivity index (χ1v) is 54.1. The SMILES string of the molecule is CCO.CC[C@H]1C[C@@H](Nc2ncncc2C(=O)c2cc(C(O)c3cc(Cl)ccc3F)c(Cl)s2)C[C@@H]1C.CC[C@H]1C[C@@H](Nc2ncncc2C(=O)c2cc(C=O)c(Cl)s2)C[C@@H]1C.C[C@H]1C[C@H](Nc2ncncc2C(=O)c2cc(C(O)c3cc(Cl)ccc3F)c(Cl)s2)C[C@@H]1CO.C[CH-]C.Fc1ccc(Cl)cc1Br.NS(=O)(=O)CC[C@H]1C[C@@H](Nc2ncncc2C(=O)c2cc(C(O)c3cc(Cl)ccc3F)c(Cl)s2)C[C@@H]1O.[Br-].[Mg+2]. The summed E-state index contributed by atoms with van der Waals surface area (Å²) in [6.45, 7) is 17.1. The predicted octanol–water partition coefficient (Wildman–Crippen LogP) is 20.7. The Hall–Kier alpha value is -7.01. The molecule has 12 N–H and O–H groups in total. The average molecular weight is 2390 g/mol. The minimum absolute atomic E-state index is 0. The molecule has 0 saturated heterocycles. The van der Waals surface area contributed by atoms with E-state index in [-0.39, 0.29) is 207 Å². The van der Waals surface area contributed by atoms with Gasteiger partial charge in [-0.05, 0) is 219 Å². The predicted molar refractivity (Wildman–Crippen MR) is 569 cm³/mol. The normalized spacial score (nSPS) is 19.7. The third-order valence-corrected chi connectivity index (χ3v) is 32.4. The molecular formula is C99H105Br2Cl8F4MgN13O13S5. The molecule has 0 aliphatic heterocycles. The number of aldehydes is 1. The van der Waals surface area contributed by atoms with Gasteiger partial charge in [0.25, 0.3) is 0 Å². The maximum absolute atomic E-state index is 14.3.